The van der Waals surface area contributed by atoms with Crippen LogP contribution in [0.5, 0.6) is 11.5 Å². The van der Waals surface area contributed by atoms with Crippen molar-refractivity contribution in [2.75, 3.05) is 13.2 Å². The smallest absolute Gasteiger partial charge is 0.251 e. The van der Waals surface area contributed by atoms with Crippen molar-refractivity contribution in [2.45, 2.75) is 32.7 Å². The second-order valence-corrected chi connectivity index (χ2v) is 8.76. The van der Waals surface area contributed by atoms with Crippen molar-refractivity contribution >= 4 is 5.91 Å². The van der Waals surface area contributed by atoms with Crippen LogP contribution in [0.4, 0.5) is 0 Å². The zero-order valence-electron chi connectivity index (χ0n) is 17.6. The first-order valence-electron chi connectivity index (χ1n) is 10.5. The monoisotopic (exact) mass is 416 g/mol. The lowest BCUT2D eigenvalue weighted by molar-refractivity contribution is 0.0917. The lowest BCUT2D eigenvalue weighted by Gasteiger charge is -2.36. The Kier molecular flexibility index (Phi) is 4.81. The molecule has 7 nitrogen and oxygen atoms in total. The number of pyridine rings is 1. The molecule has 2 aromatic heterocycles. The molecule has 3 heterocycles. The molecule has 1 aliphatic heterocycles. The minimum Gasteiger partial charge on any atom is -0.486 e. The summed E-state index contributed by atoms with van der Waals surface area (Å²) in [5.41, 5.74) is 3.43. The number of ether oxygens (including phenoxy) is 2. The Hall–Kier alpha value is -3.48. The van der Waals surface area contributed by atoms with Crippen LogP contribution in [0.3, 0.4) is 0 Å². The maximum absolute atomic E-state index is 13.1. The summed E-state index contributed by atoms with van der Waals surface area (Å²) in [5.74, 6) is 1.80. The van der Waals surface area contributed by atoms with Gasteiger partial charge < -0.3 is 14.8 Å². The quantitative estimate of drug-likeness (QED) is 0.700. The molecule has 0 fully saturated rings. The number of hydrogen-bond acceptors (Lipinski definition) is 6. The highest BCUT2D eigenvalue weighted by Crippen LogP contribution is 2.40. The molecule has 31 heavy (non-hydrogen) atoms. The molecule has 1 unspecified atom stereocenters. The Balaban J connectivity index is 1.43. The minimum absolute atomic E-state index is 0.00160. The highest BCUT2D eigenvalue weighted by Gasteiger charge is 2.35. The van der Waals surface area contributed by atoms with Crippen molar-refractivity contribution in [2.24, 2.45) is 5.41 Å². The number of hydrogen-bond donors (Lipinski definition) is 1. The van der Waals surface area contributed by atoms with Crippen molar-refractivity contribution < 1.29 is 14.3 Å². The summed E-state index contributed by atoms with van der Waals surface area (Å²) < 4.78 is 11.2. The Labute approximate surface area is 180 Å². The van der Waals surface area contributed by atoms with E-state index in [1.165, 1.54) is 0 Å². The van der Waals surface area contributed by atoms with Gasteiger partial charge in [-0.15, -0.1) is 0 Å². The van der Waals surface area contributed by atoms with Crippen LogP contribution >= 0.6 is 0 Å². The van der Waals surface area contributed by atoms with Gasteiger partial charge in [0.05, 0.1) is 11.7 Å². The standard InChI is InChI=1S/C24H24N4O3/c1-24(2)12-18-17(14-26-22(27-18)15-5-7-25-8-6-15)19(13-24)28-23(29)16-3-4-20-21(11-16)31-10-9-30-20/h3-8,11,14,19H,9-10,12-13H2,1-2H3,(H,28,29). The molecular weight excluding hydrogens is 392 g/mol. The number of rotatable bonds is 3. The summed E-state index contributed by atoms with van der Waals surface area (Å²) >= 11 is 0. The van der Waals surface area contributed by atoms with Crippen LogP contribution in [0.25, 0.3) is 11.4 Å². The van der Waals surface area contributed by atoms with Gasteiger partial charge in [-0.25, -0.2) is 9.97 Å². The third-order valence-electron chi connectivity index (χ3n) is 5.73. The van der Waals surface area contributed by atoms with Crippen LogP contribution < -0.4 is 14.8 Å². The topological polar surface area (TPSA) is 86.2 Å². The van der Waals surface area contributed by atoms with Crippen LogP contribution in [-0.4, -0.2) is 34.1 Å². The van der Waals surface area contributed by atoms with Crippen LogP contribution in [0.15, 0.2) is 48.9 Å². The molecule has 3 aromatic rings. The van der Waals surface area contributed by atoms with Gasteiger partial charge in [-0.05, 0) is 48.6 Å². The molecule has 1 aliphatic carbocycles. The van der Waals surface area contributed by atoms with Gasteiger partial charge in [-0.2, -0.15) is 0 Å². The Morgan fingerprint density at radius 2 is 1.87 bits per heavy atom. The summed E-state index contributed by atoms with van der Waals surface area (Å²) in [6.45, 7) is 5.41. The third-order valence-corrected chi connectivity index (χ3v) is 5.73. The molecule has 7 heteroatoms. The van der Waals surface area contributed by atoms with E-state index in [4.69, 9.17) is 14.5 Å². The lowest BCUT2D eigenvalue weighted by atomic mass is 9.74. The number of carbonyl (C=O) groups excluding carboxylic acids is 1. The van der Waals surface area contributed by atoms with E-state index in [0.717, 1.165) is 29.7 Å². The van der Waals surface area contributed by atoms with E-state index in [2.05, 4.69) is 29.1 Å². The number of nitrogens with one attached hydrogen (secondary N) is 1. The first-order valence-corrected chi connectivity index (χ1v) is 10.5. The first kappa shape index (κ1) is 19.5. The van der Waals surface area contributed by atoms with E-state index in [0.29, 0.717) is 36.1 Å². The van der Waals surface area contributed by atoms with Gasteiger partial charge in [0.1, 0.15) is 13.2 Å². The van der Waals surface area contributed by atoms with E-state index in [1.807, 2.05) is 18.3 Å². The van der Waals surface area contributed by atoms with Crippen LogP contribution in [0, 0.1) is 5.41 Å². The fraction of sp³-hybridized carbons (Fsp3) is 0.333. The molecule has 1 N–H and O–H groups in total. The fourth-order valence-electron chi connectivity index (χ4n) is 4.24. The maximum Gasteiger partial charge on any atom is 0.251 e. The molecule has 1 aromatic carbocycles. The van der Waals surface area contributed by atoms with Gasteiger partial charge in [0.2, 0.25) is 0 Å². The fourth-order valence-corrected chi connectivity index (χ4v) is 4.24. The van der Waals surface area contributed by atoms with Crippen molar-refractivity contribution in [1.82, 2.24) is 20.3 Å². The van der Waals surface area contributed by atoms with E-state index >= 15 is 0 Å². The molecule has 2 aliphatic rings. The predicted molar refractivity (Wildman–Crippen MR) is 115 cm³/mol. The molecule has 5 rings (SSSR count). The minimum atomic E-state index is -0.161. The van der Waals surface area contributed by atoms with Crippen LogP contribution in [0.1, 0.15) is 47.9 Å². The van der Waals surface area contributed by atoms with Crippen molar-refractivity contribution in [3.05, 3.63) is 65.7 Å². The average Bonchev–Trinajstić information content (AvgIpc) is 2.78. The molecule has 1 amide bonds. The largest absolute Gasteiger partial charge is 0.486 e. The number of amides is 1. The number of carbonyl (C=O) groups is 1. The van der Waals surface area contributed by atoms with Gasteiger partial charge in [0.25, 0.3) is 5.91 Å². The molecular formula is C24H24N4O3. The summed E-state index contributed by atoms with van der Waals surface area (Å²) in [6, 6.07) is 8.92. The number of nitrogens with zero attached hydrogens (tertiary/aromatic N) is 3. The maximum atomic E-state index is 13.1. The molecule has 0 saturated heterocycles. The lowest BCUT2D eigenvalue weighted by Crippen LogP contribution is -2.37. The van der Waals surface area contributed by atoms with Gasteiger partial charge in [-0.1, -0.05) is 13.8 Å². The van der Waals surface area contributed by atoms with Crippen molar-refractivity contribution in [3.63, 3.8) is 0 Å². The van der Waals surface area contributed by atoms with Crippen LogP contribution in [-0.2, 0) is 6.42 Å². The average molecular weight is 416 g/mol. The normalized spacial score (nSPS) is 18.7. The van der Waals surface area contributed by atoms with Crippen LogP contribution in [0.2, 0.25) is 0 Å². The molecule has 0 radical (unpaired) electrons. The predicted octanol–water partition coefficient (Wildman–Crippen LogP) is 3.75. The summed E-state index contributed by atoms with van der Waals surface area (Å²) in [5, 5.41) is 3.19. The zero-order valence-corrected chi connectivity index (χ0v) is 17.6. The SMILES string of the molecule is CC1(C)Cc2nc(-c3ccncc3)ncc2C(NC(=O)c2ccc3c(c2)OCCO3)C1. The molecule has 0 spiro atoms. The Bertz CT molecular complexity index is 1130. The third kappa shape index (κ3) is 3.95. The summed E-state index contributed by atoms with van der Waals surface area (Å²) in [4.78, 5) is 26.5. The number of aromatic nitrogens is 3. The highest BCUT2D eigenvalue weighted by atomic mass is 16.6. The van der Waals surface area contributed by atoms with E-state index < -0.39 is 0 Å². The number of benzene rings is 1. The van der Waals surface area contributed by atoms with Gasteiger partial charge in [-0.3, -0.25) is 9.78 Å². The summed E-state index contributed by atoms with van der Waals surface area (Å²) in [7, 11) is 0. The Morgan fingerprint density at radius 3 is 2.68 bits per heavy atom. The summed E-state index contributed by atoms with van der Waals surface area (Å²) in [6.07, 6.45) is 6.96. The molecule has 0 bridgehead atoms. The van der Waals surface area contributed by atoms with E-state index in [9.17, 15) is 4.79 Å². The van der Waals surface area contributed by atoms with Crippen molar-refractivity contribution in [1.29, 1.82) is 0 Å². The van der Waals surface area contributed by atoms with Crippen molar-refractivity contribution in [3.8, 4) is 22.9 Å². The van der Waals surface area contributed by atoms with Gasteiger partial charge in [0.15, 0.2) is 17.3 Å². The first-order chi connectivity index (χ1) is 15.0. The second kappa shape index (κ2) is 7.65. The molecule has 1 atom stereocenters. The Morgan fingerprint density at radius 1 is 1.10 bits per heavy atom. The van der Waals surface area contributed by atoms with E-state index in [-0.39, 0.29) is 17.4 Å². The molecule has 158 valence electrons. The van der Waals surface area contributed by atoms with E-state index in [1.54, 1.807) is 30.6 Å². The van der Waals surface area contributed by atoms with Gasteiger partial charge >= 0.3 is 0 Å². The highest BCUT2D eigenvalue weighted by molar-refractivity contribution is 5.95. The number of fused-ring (bicyclic) bond motifs is 2. The molecule has 0 saturated carbocycles. The van der Waals surface area contributed by atoms with Gasteiger partial charge in [0, 0.05) is 35.3 Å². The zero-order chi connectivity index (χ0) is 21.4. The second-order valence-electron chi connectivity index (χ2n) is 8.76.